The standard InChI is InChI=1S/C14H17ClN2O6S/c1-9(2)6-7-16(10(3)14(18)19)24(22,23)13-8-11(15)4-5-12(13)17(20)21/h4-6,8,10H,7H2,1-3H3,(H,18,19). The number of rotatable bonds is 7. The number of nitro groups is 1. The molecule has 0 radical (unpaired) electrons. The van der Waals surface area contributed by atoms with Crippen LogP contribution in [0, 0.1) is 10.1 Å². The average molecular weight is 377 g/mol. The lowest BCUT2D eigenvalue weighted by molar-refractivity contribution is -0.387. The van der Waals surface area contributed by atoms with Gasteiger partial charge in [0, 0.05) is 17.6 Å². The zero-order valence-corrected chi connectivity index (χ0v) is 14.8. The van der Waals surface area contributed by atoms with E-state index >= 15 is 0 Å². The molecule has 1 rings (SSSR count). The zero-order valence-electron chi connectivity index (χ0n) is 13.3. The van der Waals surface area contributed by atoms with Crippen LogP contribution in [0.3, 0.4) is 0 Å². The van der Waals surface area contributed by atoms with E-state index < -0.39 is 37.5 Å². The Hall–Kier alpha value is -1.97. The van der Waals surface area contributed by atoms with E-state index in [0.29, 0.717) is 4.31 Å². The lowest BCUT2D eigenvalue weighted by Gasteiger charge is -2.24. The average Bonchev–Trinajstić information content (AvgIpc) is 2.46. The highest BCUT2D eigenvalue weighted by atomic mass is 35.5. The molecule has 8 nitrogen and oxygen atoms in total. The minimum absolute atomic E-state index is 0.00989. The van der Waals surface area contributed by atoms with Crippen LogP contribution >= 0.6 is 11.6 Å². The molecular formula is C14H17ClN2O6S. The van der Waals surface area contributed by atoms with Crippen LogP contribution in [0.25, 0.3) is 0 Å². The Morgan fingerprint density at radius 2 is 2.04 bits per heavy atom. The summed E-state index contributed by atoms with van der Waals surface area (Å²) in [6, 6.07) is 1.70. The van der Waals surface area contributed by atoms with Crippen LogP contribution < -0.4 is 0 Å². The summed E-state index contributed by atoms with van der Waals surface area (Å²) in [4.78, 5) is 20.9. The summed E-state index contributed by atoms with van der Waals surface area (Å²) in [6.45, 7) is 4.40. The van der Waals surface area contributed by atoms with E-state index in [4.69, 9.17) is 11.6 Å². The summed E-state index contributed by atoms with van der Waals surface area (Å²) in [6.07, 6.45) is 1.52. The van der Waals surface area contributed by atoms with Gasteiger partial charge in [-0.15, -0.1) is 0 Å². The van der Waals surface area contributed by atoms with Gasteiger partial charge in [-0.25, -0.2) is 8.42 Å². The normalized spacial score (nSPS) is 12.7. The molecule has 132 valence electrons. The largest absolute Gasteiger partial charge is 0.480 e. The van der Waals surface area contributed by atoms with Gasteiger partial charge in [-0.05, 0) is 32.9 Å². The number of carbonyl (C=O) groups is 1. The van der Waals surface area contributed by atoms with Crippen molar-refractivity contribution in [2.24, 2.45) is 0 Å². The Labute approximate surface area is 144 Å². The molecule has 0 aliphatic heterocycles. The van der Waals surface area contributed by atoms with Gasteiger partial charge in [0.1, 0.15) is 6.04 Å². The van der Waals surface area contributed by atoms with E-state index in [1.807, 2.05) is 0 Å². The summed E-state index contributed by atoms with van der Waals surface area (Å²) in [7, 11) is -4.46. The summed E-state index contributed by atoms with van der Waals surface area (Å²) < 4.78 is 26.4. The molecule has 10 heteroatoms. The molecule has 1 atom stereocenters. The number of carboxylic acids is 1. The number of allylic oxidation sites excluding steroid dienone is 1. The fraction of sp³-hybridized carbons (Fsp3) is 0.357. The van der Waals surface area contributed by atoms with Crippen molar-refractivity contribution < 1.29 is 23.2 Å². The summed E-state index contributed by atoms with van der Waals surface area (Å²) in [5, 5.41) is 20.3. The SMILES string of the molecule is CC(C)=CCN(C(C)C(=O)O)S(=O)(=O)c1cc(Cl)ccc1[N+](=O)[O-]. The van der Waals surface area contributed by atoms with Crippen molar-refractivity contribution in [1.82, 2.24) is 4.31 Å². The van der Waals surface area contributed by atoms with Crippen molar-refractivity contribution >= 4 is 33.3 Å². The van der Waals surface area contributed by atoms with Gasteiger partial charge in [-0.3, -0.25) is 14.9 Å². The van der Waals surface area contributed by atoms with Gasteiger partial charge in [0.25, 0.3) is 15.7 Å². The van der Waals surface area contributed by atoms with Crippen molar-refractivity contribution in [3.63, 3.8) is 0 Å². The van der Waals surface area contributed by atoms with E-state index in [2.05, 4.69) is 0 Å². The maximum absolute atomic E-state index is 12.8. The second-order valence-corrected chi connectivity index (χ2v) is 7.53. The summed E-state index contributed by atoms with van der Waals surface area (Å²) in [5.41, 5.74) is 0.104. The van der Waals surface area contributed by atoms with Crippen LogP contribution in [0.4, 0.5) is 5.69 Å². The number of benzene rings is 1. The number of hydrogen-bond donors (Lipinski definition) is 1. The number of aliphatic carboxylic acids is 1. The van der Waals surface area contributed by atoms with E-state index in [-0.39, 0.29) is 11.6 Å². The molecule has 0 aliphatic carbocycles. The molecule has 0 bridgehead atoms. The predicted molar refractivity (Wildman–Crippen MR) is 88.5 cm³/mol. The Bertz CT molecular complexity index is 786. The second kappa shape index (κ2) is 7.73. The van der Waals surface area contributed by atoms with Crippen molar-refractivity contribution in [2.45, 2.75) is 31.7 Å². The van der Waals surface area contributed by atoms with Crippen molar-refractivity contribution in [2.75, 3.05) is 6.54 Å². The highest BCUT2D eigenvalue weighted by Crippen LogP contribution is 2.30. The molecule has 0 amide bonds. The third kappa shape index (κ3) is 4.53. The van der Waals surface area contributed by atoms with Gasteiger partial charge in [-0.1, -0.05) is 23.3 Å². The molecule has 0 aromatic heterocycles. The maximum Gasteiger partial charge on any atom is 0.321 e. The van der Waals surface area contributed by atoms with Gasteiger partial charge >= 0.3 is 5.97 Å². The zero-order chi connectivity index (χ0) is 18.7. The lowest BCUT2D eigenvalue weighted by atomic mass is 10.3. The Kier molecular flexibility index (Phi) is 6.47. The predicted octanol–water partition coefficient (Wildman–Crippen LogP) is 2.68. The first kappa shape index (κ1) is 20.1. The molecule has 0 fully saturated rings. The fourth-order valence-corrected chi connectivity index (χ4v) is 3.78. The Balaban J connectivity index is 3.56. The van der Waals surface area contributed by atoms with Crippen molar-refractivity contribution in [1.29, 1.82) is 0 Å². The van der Waals surface area contributed by atoms with Gasteiger partial charge in [0.05, 0.1) is 4.92 Å². The number of carboxylic acid groups (broad SMARTS) is 1. The summed E-state index contributed by atoms with van der Waals surface area (Å²) >= 11 is 5.77. The second-order valence-electron chi connectivity index (χ2n) is 5.24. The monoisotopic (exact) mass is 376 g/mol. The number of halogens is 1. The van der Waals surface area contributed by atoms with Crippen LogP contribution in [0.5, 0.6) is 0 Å². The quantitative estimate of drug-likeness (QED) is 0.444. The minimum atomic E-state index is -4.46. The minimum Gasteiger partial charge on any atom is -0.480 e. The van der Waals surface area contributed by atoms with Crippen molar-refractivity contribution in [3.8, 4) is 0 Å². The van der Waals surface area contributed by atoms with E-state index in [1.54, 1.807) is 13.8 Å². The lowest BCUT2D eigenvalue weighted by Crippen LogP contribution is -2.43. The number of sulfonamides is 1. The Morgan fingerprint density at radius 1 is 1.46 bits per heavy atom. The smallest absolute Gasteiger partial charge is 0.321 e. The molecule has 1 aromatic carbocycles. The molecular weight excluding hydrogens is 360 g/mol. The molecule has 0 saturated heterocycles. The van der Waals surface area contributed by atoms with Crippen LogP contribution in [0.1, 0.15) is 20.8 Å². The maximum atomic E-state index is 12.8. The van der Waals surface area contributed by atoms with Gasteiger partial charge < -0.3 is 5.11 Å². The third-order valence-corrected chi connectivity index (χ3v) is 5.37. The van der Waals surface area contributed by atoms with Crippen LogP contribution in [-0.2, 0) is 14.8 Å². The number of nitrogens with zero attached hydrogens (tertiary/aromatic N) is 2. The molecule has 1 N–H and O–H groups in total. The Morgan fingerprint density at radius 3 is 2.50 bits per heavy atom. The fourth-order valence-electron chi connectivity index (χ4n) is 1.83. The molecule has 24 heavy (non-hydrogen) atoms. The van der Waals surface area contributed by atoms with Gasteiger partial charge in [0.2, 0.25) is 0 Å². The number of nitro benzene ring substituents is 1. The molecule has 0 aliphatic rings. The van der Waals surface area contributed by atoms with Crippen molar-refractivity contribution in [3.05, 3.63) is 45.0 Å². The molecule has 0 spiro atoms. The van der Waals surface area contributed by atoms with Crippen LogP contribution in [0.15, 0.2) is 34.7 Å². The van der Waals surface area contributed by atoms with Crippen LogP contribution in [0.2, 0.25) is 5.02 Å². The highest BCUT2D eigenvalue weighted by Gasteiger charge is 2.36. The van der Waals surface area contributed by atoms with Crippen LogP contribution in [-0.4, -0.2) is 41.3 Å². The molecule has 0 heterocycles. The highest BCUT2D eigenvalue weighted by molar-refractivity contribution is 7.89. The van der Waals surface area contributed by atoms with E-state index in [9.17, 15) is 28.4 Å². The number of hydrogen-bond acceptors (Lipinski definition) is 5. The first-order chi connectivity index (χ1) is 11.0. The molecule has 1 aromatic rings. The summed E-state index contributed by atoms with van der Waals surface area (Å²) in [5.74, 6) is -1.37. The van der Waals surface area contributed by atoms with Gasteiger partial charge in [-0.2, -0.15) is 4.31 Å². The first-order valence-electron chi connectivity index (χ1n) is 6.80. The van der Waals surface area contributed by atoms with E-state index in [1.165, 1.54) is 19.1 Å². The molecule has 0 saturated carbocycles. The first-order valence-corrected chi connectivity index (χ1v) is 8.62. The topological polar surface area (TPSA) is 118 Å². The van der Waals surface area contributed by atoms with E-state index in [0.717, 1.165) is 17.7 Å². The molecule has 1 unspecified atom stereocenters. The third-order valence-electron chi connectivity index (χ3n) is 3.17. The van der Waals surface area contributed by atoms with Gasteiger partial charge in [0.15, 0.2) is 4.90 Å².